The molecule has 0 aliphatic carbocycles. The minimum Gasteiger partial charge on any atom is -0.378 e. The van der Waals surface area contributed by atoms with E-state index in [4.69, 9.17) is 11.6 Å². The quantitative estimate of drug-likeness (QED) is 0.293. The number of ketones is 1. The highest BCUT2D eigenvalue weighted by atomic mass is 35.5. The van der Waals surface area contributed by atoms with Crippen molar-refractivity contribution in [3.8, 4) is 5.69 Å². The molecule has 0 bridgehead atoms. The number of aromatic nitrogens is 3. The summed E-state index contributed by atoms with van der Waals surface area (Å²) in [5, 5.41) is 13.4. The normalized spacial score (nSPS) is 10.7. The van der Waals surface area contributed by atoms with Gasteiger partial charge in [0.2, 0.25) is 0 Å². The third kappa shape index (κ3) is 4.90. The average molecular weight is 435 g/mol. The van der Waals surface area contributed by atoms with E-state index in [0.29, 0.717) is 22.3 Å². The lowest BCUT2D eigenvalue weighted by molar-refractivity contribution is 0.102. The summed E-state index contributed by atoms with van der Waals surface area (Å²) in [5.41, 5.74) is 2.54. The van der Waals surface area contributed by atoms with Crippen LogP contribution >= 0.6 is 23.4 Å². The van der Waals surface area contributed by atoms with Crippen LogP contribution in [0.25, 0.3) is 5.69 Å². The lowest BCUT2D eigenvalue weighted by Crippen LogP contribution is -2.09. The number of Topliss-reactive ketones (excluding diaryl/α,β-unsaturated/α-hetero) is 1. The minimum absolute atomic E-state index is 0.0572. The van der Waals surface area contributed by atoms with Gasteiger partial charge in [0.1, 0.15) is 0 Å². The van der Waals surface area contributed by atoms with Gasteiger partial charge < -0.3 is 5.32 Å². The predicted octanol–water partition coefficient (Wildman–Crippen LogP) is 5.51. The van der Waals surface area contributed by atoms with Crippen LogP contribution in [0.2, 0.25) is 5.02 Å². The van der Waals surface area contributed by atoms with Crippen molar-refractivity contribution in [1.82, 2.24) is 14.8 Å². The highest BCUT2D eigenvalue weighted by molar-refractivity contribution is 7.99. The Hall–Kier alpha value is -3.09. The van der Waals surface area contributed by atoms with Crippen LogP contribution in [0.1, 0.15) is 16.2 Å². The number of nitrogens with one attached hydrogen (secondary N) is 1. The van der Waals surface area contributed by atoms with Crippen LogP contribution in [-0.2, 0) is 6.54 Å². The zero-order valence-corrected chi connectivity index (χ0v) is 17.6. The van der Waals surface area contributed by atoms with Gasteiger partial charge in [0.15, 0.2) is 16.8 Å². The molecule has 4 rings (SSSR count). The number of anilines is 1. The average Bonchev–Trinajstić information content (AvgIpc) is 3.20. The highest BCUT2D eigenvalue weighted by Crippen LogP contribution is 2.24. The number of halogens is 1. The number of carbonyl (C=O) groups excluding carboxylic acids is 1. The van der Waals surface area contributed by atoms with Crippen molar-refractivity contribution in [2.45, 2.75) is 11.7 Å². The first-order valence-corrected chi connectivity index (χ1v) is 10.8. The molecule has 7 heteroatoms. The molecule has 5 nitrogen and oxygen atoms in total. The second-order valence-corrected chi connectivity index (χ2v) is 7.89. The molecule has 0 saturated carbocycles. The number of thioether (sulfide) groups is 1. The van der Waals surface area contributed by atoms with Crippen LogP contribution in [-0.4, -0.2) is 26.3 Å². The standard InChI is InChI=1S/C23H19ClN4OS/c24-18-10-7-11-19(14-18)25-15-22-26-27-23(28(22)20-12-5-2-6-13-20)30-16-21(29)17-8-3-1-4-9-17/h1-14,25H,15-16H2. The van der Waals surface area contributed by atoms with Crippen LogP contribution in [0.5, 0.6) is 0 Å². The van der Waals surface area contributed by atoms with Crippen molar-refractivity contribution in [3.63, 3.8) is 0 Å². The number of para-hydroxylation sites is 1. The van der Waals surface area contributed by atoms with Crippen molar-refractivity contribution < 1.29 is 4.79 Å². The van der Waals surface area contributed by atoms with Gasteiger partial charge in [-0.05, 0) is 30.3 Å². The Morgan fingerprint density at radius 2 is 1.67 bits per heavy atom. The van der Waals surface area contributed by atoms with Crippen molar-refractivity contribution in [2.24, 2.45) is 0 Å². The van der Waals surface area contributed by atoms with E-state index in [9.17, 15) is 4.79 Å². The maximum absolute atomic E-state index is 12.5. The molecule has 0 fully saturated rings. The van der Waals surface area contributed by atoms with E-state index >= 15 is 0 Å². The molecule has 0 saturated heterocycles. The second-order valence-electron chi connectivity index (χ2n) is 6.51. The molecule has 30 heavy (non-hydrogen) atoms. The van der Waals surface area contributed by atoms with Gasteiger partial charge >= 0.3 is 0 Å². The first kappa shape index (κ1) is 20.2. The summed E-state index contributed by atoms with van der Waals surface area (Å²) in [6.07, 6.45) is 0. The molecule has 0 radical (unpaired) electrons. The van der Waals surface area contributed by atoms with E-state index in [1.807, 2.05) is 89.5 Å². The molecule has 0 amide bonds. The van der Waals surface area contributed by atoms with E-state index in [-0.39, 0.29) is 11.5 Å². The van der Waals surface area contributed by atoms with Gasteiger partial charge in [-0.3, -0.25) is 9.36 Å². The summed E-state index contributed by atoms with van der Waals surface area (Å²) in [5.74, 6) is 1.09. The number of rotatable bonds is 8. The van der Waals surface area contributed by atoms with Gasteiger partial charge in [-0.25, -0.2) is 0 Å². The van der Waals surface area contributed by atoms with Crippen LogP contribution in [0.3, 0.4) is 0 Å². The van der Waals surface area contributed by atoms with Crippen molar-refractivity contribution in [1.29, 1.82) is 0 Å². The molecule has 1 aromatic heterocycles. The number of hydrogen-bond acceptors (Lipinski definition) is 5. The Bertz CT molecular complexity index is 1130. The molecule has 4 aromatic rings. The summed E-state index contributed by atoms with van der Waals surface area (Å²) in [6.45, 7) is 0.468. The number of benzene rings is 3. The van der Waals surface area contributed by atoms with Crippen LogP contribution in [0, 0.1) is 0 Å². The van der Waals surface area contributed by atoms with Crippen molar-refractivity contribution in [2.75, 3.05) is 11.1 Å². The third-order valence-corrected chi connectivity index (χ3v) is 5.58. The Kier molecular flexibility index (Phi) is 6.47. The van der Waals surface area contributed by atoms with E-state index in [1.165, 1.54) is 11.8 Å². The van der Waals surface area contributed by atoms with Gasteiger partial charge in [-0.15, -0.1) is 10.2 Å². The largest absolute Gasteiger partial charge is 0.378 e. The third-order valence-electron chi connectivity index (χ3n) is 4.42. The lowest BCUT2D eigenvalue weighted by Gasteiger charge is -2.11. The van der Waals surface area contributed by atoms with Crippen molar-refractivity contribution in [3.05, 3.63) is 101 Å². The first-order chi connectivity index (χ1) is 14.7. The maximum atomic E-state index is 12.5. The highest BCUT2D eigenvalue weighted by Gasteiger charge is 2.16. The SMILES string of the molecule is O=C(CSc1nnc(CNc2cccc(Cl)c2)n1-c1ccccc1)c1ccccc1. The van der Waals surface area contributed by atoms with Gasteiger partial charge in [-0.1, -0.05) is 78.0 Å². The zero-order valence-electron chi connectivity index (χ0n) is 16.0. The van der Waals surface area contributed by atoms with E-state index < -0.39 is 0 Å². The molecule has 150 valence electrons. The van der Waals surface area contributed by atoms with Crippen LogP contribution < -0.4 is 5.32 Å². The molecule has 1 heterocycles. The van der Waals surface area contributed by atoms with Crippen LogP contribution in [0.15, 0.2) is 90.1 Å². The fraction of sp³-hybridized carbons (Fsp3) is 0.0870. The Morgan fingerprint density at radius 1 is 0.933 bits per heavy atom. The predicted molar refractivity (Wildman–Crippen MR) is 122 cm³/mol. The summed E-state index contributed by atoms with van der Waals surface area (Å²) in [4.78, 5) is 12.5. The number of carbonyl (C=O) groups is 1. The molecular formula is C23H19ClN4OS. The molecule has 0 aliphatic rings. The summed E-state index contributed by atoms with van der Waals surface area (Å²) in [6, 6.07) is 26.7. The van der Waals surface area contributed by atoms with E-state index in [1.54, 1.807) is 0 Å². The molecule has 0 aliphatic heterocycles. The molecule has 1 N–H and O–H groups in total. The lowest BCUT2D eigenvalue weighted by atomic mass is 10.2. The second kappa shape index (κ2) is 9.61. The summed E-state index contributed by atoms with van der Waals surface area (Å²) >= 11 is 7.45. The topological polar surface area (TPSA) is 59.8 Å². The molecule has 3 aromatic carbocycles. The Labute approximate surface area is 184 Å². The van der Waals surface area contributed by atoms with E-state index in [2.05, 4.69) is 15.5 Å². The first-order valence-electron chi connectivity index (χ1n) is 9.41. The smallest absolute Gasteiger partial charge is 0.196 e. The maximum Gasteiger partial charge on any atom is 0.196 e. The molecular weight excluding hydrogens is 416 g/mol. The number of nitrogens with zero attached hydrogens (tertiary/aromatic N) is 3. The van der Waals surface area contributed by atoms with Crippen molar-refractivity contribution >= 4 is 34.8 Å². The zero-order chi connectivity index (χ0) is 20.8. The summed E-state index contributed by atoms with van der Waals surface area (Å²) < 4.78 is 1.97. The Balaban J connectivity index is 1.55. The minimum atomic E-state index is 0.0572. The molecule has 0 spiro atoms. The fourth-order valence-electron chi connectivity index (χ4n) is 2.96. The van der Waals surface area contributed by atoms with Gasteiger partial charge in [-0.2, -0.15) is 0 Å². The number of hydrogen-bond donors (Lipinski definition) is 1. The van der Waals surface area contributed by atoms with Gasteiger partial charge in [0, 0.05) is 22.0 Å². The van der Waals surface area contributed by atoms with Gasteiger partial charge in [0.05, 0.1) is 12.3 Å². The van der Waals surface area contributed by atoms with Gasteiger partial charge in [0.25, 0.3) is 0 Å². The van der Waals surface area contributed by atoms with Crippen LogP contribution in [0.4, 0.5) is 5.69 Å². The fourth-order valence-corrected chi connectivity index (χ4v) is 4.02. The molecule has 0 atom stereocenters. The molecule has 0 unspecified atom stereocenters. The Morgan fingerprint density at radius 3 is 2.40 bits per heavy atom. The monoisotopic (exact) mass is 434 g/mol. The summed E-state index contributed by atoms with van der Waals surface area (Å²) in [7, 11) is 0. The van der Waals surface area contributed by atoms with E-state index in [0.717, 1.165) is 17.2 Å².